The first-order valence-corrected chi connectivity index (χ1v) is 5.85. The fraction of sp³-hybridized carbons (Fsp3) is 0.455. The molecule has 1 rings (SSSR count). The van der Waals surface area contributed by atoms with Crippen LogP contribution in [0.1, 0.15) is 31.1 Å². The maximum atomic E-state index is 12.1. The van der Waals surface area contributed by atoms with Gasteiger partial charge in [0.05, 0.1) is 0 Å². The summed E-state index contributed by atoms with van der Waals surface area (Å²) in [4.78, 5) is 17.6. The van der Waals surface area contributed by atoms with Gasteiger partial charge in [0.2, 0.25) is 0 Å². The zero-order chi connectivity index (χ0) is 12.3. The fourth-order valence-electron chi connectivity index (χ4n) is 1.50. The summed E-state index contributed by atoms with van der Waals surface area (Å²) in [6, 6.07) is 3.20. The van der Waals surface area contributed by atoms with Gasteiger partial charge in [0.25, 0.3) is 5.91 Å². The molecular formula is C11H14Cl2N2O. The lowest BCUT2D eigenvalue weighted by molar-refractivity contribution is 0.0717. The van der Waals surface area contributed by atoms with Gasteiger partial charge in [-0.15, -0.1) is 0 Å². The Morgan fingerprint density at radius 2 is 1.88 bits per heavy atom. The van der Waals surface area contributed by atoms with Gasteiger partial charge in [0.1, 0.15) is 10.3 Å². The van der Waals surface area contributed by atoms with Crippen molar-refractivity contribution >= 4 is 29.1 Å². The molecule has 0 fully saturated rings. The van der Waals surface area contributed by atoms with Crippen molar-refractivity contribution in [3.05, 3.63) is 28.0 Å². The van der Waals surface area contributed by atoms with Gasteiger partial charge in [0.15, 0.2) is 0 Å². The Morgan fingerprint density at radius 1 is 1.38 bits per heavy atom. The minimum atomic E-state index is -0.0799. The van der Waals surface area contributed by atoms with Gasteiger partial charge in [-0.25, -0.2) is 4.98 Å². The minimum Gasteiger partial charge on any atom is -0.336 e. The molecule has 0 spiro atoms. The molecule has 0 bridgehead atoms. The van der Waals surface area contributed by atoms with Gasteiger partial charge in [0, 0.05) is 18.2 Å². The third-order valence-electron chi connectivity index (χ3n) is 2.23. The van der Waals surface area contributed by atoms with Crippen molar-refractivity contribution < 1.29 is 4.79 Å². The molecule has 1 aromatic heterocycles. The molecule has 0 unspecified atom stereocenters. The predicted molar refractivity (Wildman–Crippen MR) is 66.1 cm³/mol. The SMILES string of the molecule is CCN(C(=O)c1cc(Cl)nc(Cl)c1)C(C)C. The molecule has 0 saturated heterocycles. The molecule has 1 heterocycles. The van der Waals surface area contributed by atoms with E-state index in [1.165, 1.54) is 12.1 Å². The molecule has 0 aliphatic carbocycles. The van der Waals surface area contributed by atoms with Crippen molar-refractivity contribution in [2.75, 3.05) is 6.54 Å². The average molecular weight is 261 g/mol. The molecule has 0 radical (unpaired) electrons. The lowest BCUT2D eigenvalue weighted by atomic mass is 10.2. The van der Waals surface area contributed by atoms with E-state index in [9.17, 15) is 4.79 Å². The Balaban J connectivity index is 3.03. The summed E-state index contributed by atoms with van der Waals surface area (Å²) < 4.78 is 0. The van der Waals surface area contributed by atoms with Gasteiger partial charge in [-0.1, -0.05) is 23.2 Å². The highest BCUT2D eigenvalue weighted by molar-refractivity contribution is 6.33. The molecule has 16 heavy (non-hydrogen) atoms. The Bertz CT molecular complexity index is 373. The summed E-state index contributed by atoms with van der Waals surface area (Å²) in [7, 11) is 0. The number of carbonyl (C=O) groups excluding carboxylic acids is 1. The molecule has 5 heteroatoms. The van der Waals surface area contributed by atoms with Gasteiger partial charge >= 0.3 is 0 Å². The lowest BCUT2D eigenvalue weighted by Gasteiger charge is -2.25. The Labute approximate surface area is 105 Å². The summed E-state index contributed by atoms with van der Waals surface area (Å²) in [6.07, 6.45) is 0. The van der Waals surface area contributed by atoms with E-state index >= 15 is 0 Å². The van der Waals surface area contributed by atoms with Crippen LogP contribution in [-0.4, -0.2) is 28.4 Å². The van der Waals surface area contributed by atoms with Crippen LogP contribution in [0.2, 0.25) is 10.3 Å². The van der Waals surface area contributed by atoms with Crippen molar-refractivity contribution in [3.63, 3.8) is 0 Å². The largest absolute Gasteiger partial charge is 0.336 e. The van der Waals surface area contributed by atoms with Crippen LogP contribution in [0, 0.1) is 0 Å². The van der Waals surface area contributed by atoms with E-state index in [4.69, 9.17) is 23.2 Å². The number of carbonyl (C=O) groups is 1. The van der Waals surface area contributed by atoms with Gasteiger partial charge in [-0.3, -0.25) is 4.79 Å². The molecule has 0 aliphatic heterocycles. The molecule has 0 aliphatic rings. The third kappa shape index (κ3) is 3.09. The first-order valence-electron chi connectivity index (χ1n) is 5.09. The van der Waals surface area contributed by atoms with Crippen molar-refractivity contribution in [2.24, 2.45) is 0 Å². The number of rotatable bonds is 3. The lowest BCUT2D eigenvalue weighted by Crippen LogP contribution is -2.36. The second kappa shape index (κ2) is 5.51. The molecule has 3 nitrogen and oxygen atoms in total. The van der Waals surface area contributed by atoms with Crippen molar-refractivity contribution in [1.29, 1.82) is 0 Å². The summed E-state index contributed by atoms with van der Waals surface area (Å²) in [5.74, 6) is -0.0799. The first kappa shape index (κ1) is 13.3. The first-order chi connectivity index (χ1) is 7.45. The zero-order valence-corrected chi connectivity index (χ0v) is 11.0. The van der Waals surface area contributed by atoms with Gasteiger partial charge in [-0.2, -0.15) is 0 Å². The van der Waals surface area contributed by atoms with Crippen LogP contribution in [0.5, 0.6) is 0 Å². The molecule has 1 amide bonds. The monoisotopic (exact) mass is 260 g/mol. The Morgan fingerprint density at radius 3 is 2.25 bits per heavy atom. The third-order valence-corrected chi connectivity index (χ3v) is 2.62. The summed E-state index contributed by atoms with van der Waals surface area (Å²) in [5.41, 5.74) is 0.473. The molecule has 0 aromatic carbocycles. The summed E-state index contributed by atoms with van der Waals surface area (Å²) in [6.45, 7) is 6.51. The van der Waals surface area contributed by atoms with Crippen LogP contribution >= 0.6 is 23.2 Å². The maximum Gasteiger partial charge on any atom is 0.254 e. The van der Waals surface area contributed by atoms with Crippen LogP contribution in [0.15, 0.2) is 12.1 Å². The van der Waals surface area contributed by atoms with Crippen LogP contribution in [0.4, 0.5) is 0 Å². The van der Waals surface area contributed by atoms with E-state index in [1.54, 1.807) is 4.90 Å². The topological polar surface area (TPSA) is 33.2 Å². The Hall–Kier alpha value is -0.800. The molecule has 0 N–H and O–H groups in total. The maximum absolute atomic E-state index is 12.1. The van der Waals surface area contributed by atoms with Gasteiger partial charge < -0.3 is 4.90 Å². The number of hydrogen-bond donors (Lipinski definition) is 0. The highest BCUT2D eigenvalue weighted by Crippen LogP contribution is 2.17. The summed E-state index contributed by atoms with van der Waals surface area (Å²) >= 11 is 11.5. The quantitative estimate of drug-likeness (QED) is 0.782. The fourth-order valence-corrected chi connectivity index (χ4v) is 1.96. The number of pyridine rings is 1. The number of nitrogens with zero attached hydrogens (tertiary/aromatic N) is 2. The standard InChI is InChI=1S/C11H14Cl2N2O/c1-4-15(7(2)3)11(16)8-5-9(12)14-10(13)6-8/h5-7H,4H2,1-3H3. The van der Waals surface area contributed by atoms with Crippen molar-refractivity contribution in [2.45, 2.75) is 26.8 Å². The van der Waals surface area contributed by atoms with Crippen LogP contribution in [-0.2, 0) is 0 Å². The number of hydrogen-bond acceptors (Lipinski definition) is 2. The van der Waals surface area contributed by atoms with Crippen LogP contribution in [0.3, 0.4) is 0 Å². The molecule has 1 aromatic rings. The van der Waals surface area contributed by atoms with Crippen molar-refractivity contribution in [1.82, 2.24) is 9.88 Å². The number of amides is 1. The van der Waals surface area contributed by atoms with E-state index in [0.717, 1.165) is 0 Å². The van der Waals surface area contributed by atoms with E-state index in [-0.39, 0.29) is 22.3 Å². The van der Waals surface area contributed by atoms with Crippen LogP contribution < -0.4 is 0 Å². The second-order valence-corrected chi connectivity index (χ2v) is 4.46. The molecule has 0 atom stereocenters. The number of aromatic nitrogens is 1. The van der Waals surface area contributed by atoms with Gasteiger partial charge in [-0.05, 0) is 32.9 Å². The van der Waals surface area contributed by atoms with E-state index < -0.39 is 0 Å². The summed E-state index contributed by atoms with van der Waals surface area (Å²) in [5, 5.41) is 0.464. The molecule has 88 valence electrons. The average Bonchev–Trinajstić information content (AvgIpc) is 2.16. The second-order valence-electron chi connectivity index (χ2n) is 3.69. The zero-order valence-electron chi connectivity index (χ0n) is 9.50. The normalized spacial score (nSPS) is 10.6. The predicted octanol–water partition coefficient (Wildman–Crippen LogP) is 3.26. The van der Waals surface area contributed by atoms with E-state index in [1.807, 2.05) is 20.8 Å². The Kier molecular flexibility index (Phi) is 4.56. The number of halogens is 2. The smallest absolute Gasteiger partial charge is 0.254 e. The highest BCUT2D eigenvalue weighted by atomic mass is 35.5. The van der Waals surface area contributed by atoms with Crippen molar-refractivity contribution in [3.8, 4) is 0 Å². The van der Waals surface area contributed by atoms with E-state index in [2.05, 4.69) is 4.98 Å². The molecule has 0 saturated carbocycles. The van der Waals surface area contributed by atoms with Crippen LogP contribution in [0.25, 0.3) is 0 Å². The highest BCUT2D eigenvalue weighted by Gasteiger charge is 2.17. The van der Waals surface area contributed by atoms with E-state index in [0.29, 0.717) is 12.1 Å². The molecular weight excluding hydrogens is 247 g/mol. The minimum absolute atomic E-state index is 0.0799.